The summed E-state index contributed by atoms with van der Waals surface area (Å²) in [6.07, 6.45) is 73.3. The Kier molecular flexibility index (Phi) is 54.8. The lowest BCUT2D eigenvalue weighted by molar-refractivity contribution is -0.167. The van der Waals surface area contributed by atoms with Gasteiger partial charge in [0.1, 0.15) is 13.2 Å². The highest BCUT2D eigenvalue weighted by molar-refractivity contribution is 5.71. The van der Waals surface area contributed by atoms with Crippen LogP contribution in [0.3, 0.4) is 0 Å². The minimum atomic E-state index is -0.781. The van der Waals surface area contributed by atoms with Crippen molar-refractivity contribution < 1.29 is 28.6 Å². The summed E-state index contributed by atoms with van der Waals surface area (Å²) >= 11 is 0. The molecule has 0 aromatic heterocycles. The maximum absolute atomic E-state index is 12.8. The summed E-state index contributed by atoms with van der Waals surface area (Å²) in [6.45, 7) is 6.48. The fourth-order valence-corrected chi connectivity index (χ4v) is 8.25. The Balaban J connectivity index is 4.19. The third kappa shape index (κ3) is 55.6. The van der Waals surface area contributed by atoms with Crippen LogP contribution in [-0.4, -0.2) is 37.2 Å². The van der Waals surface area contributed by atoms with Crippen LogP contribution >= 0.6 is 0 Å². The molecular formula is C63H110O6. The molecule has 398 valence electrons. The summed E-state index contributed by atoms with van der Waals surface area (Å²) < 4.78 is 16.8. The third-order valence-corrected chi connectivity index (χ3v) is 12.7. The van der Waals surface area contributed by atoms with Gasteiger partial charge in [-0.15, -0.1) is 0 Å². The van der Waals surface area contributed by atoms with E-state index in [0.717, 1.165) is 103 Å². The number of esters is 3. The highest BCUT2D eigenvalue weighted by Crippen LogP contribution is 2.16. The summed E-state index contributed by atoms with van der Waals surface area (Å²) in [5.41, 5.74) is 0. The summed E-state index contributed by atoms with van der Waals surface area (Å²) in [5.74, 6) is -0.891. The molecule has 0 amide bonds. The molecular weight excluding hydrogens is 853 g/mol. The van der Waals surface area contributed by atoms with E-state index in [-0.39, 0.29) is 31.1 Å². The van der Waals surface area contributed by atoms with Crippen LogP contribution in [0, 0.1) is 0 Å². The monoisotopic (exact) mass is 963 g/mol. The van der Waals surface area contributed by atoms with Gasteiger partial charge in [0.2, 0.25) is 0 Å². The lowest BCUT2D eigenvalue weighted by Crippen LogP contribution is -2.30. The van der Waals surface area contributed by atoms with Gasteiger partial charge in [0.15, 0.2) is 6.10 Å². The normalized spacial score (nSPS) is 12.6. The molecule has 0 aromatic rings. The Morgan fingerprint density at radius 3 is 0.899 bits per heavy atom. The van der Waals surface area contributed by atoms with Gasteiger partial charge in [-0.1, -0.05) is 235 Å². The standard InChI is InChI=1S/C63H110O6/c1-4-7-10-13-16-19-22-25-26-27-28-29-30-31-32-33-34-35-36-37-38-39-42-44-47-50-53-56-62(65)68-59-60(69-63(66)57-54-51-48-45-41-24-21-18-15-12-9-6-3)58-67-61(64)55-52-49-46-43-40-23-20-17-14-11-8-5-2/h7,10,16-21,25-26,28-29,60H,4-6,8-9,11-15,22-24,27,30-59H2,1-3H3/b10-7-,19-16-,20-17-,21-18-,26-25-,29-28-. The first kappa shape index (κ1) is 65.8. The smallest absolute Gasteiger partial charge is 0.306 e. The molecule has 1 atom stereocenters. The second-order valence-corrected chi connectivity index (χ2v) is 19.5. The molecule has 0 fully saturated rings. The van der Waals surface area contributed by atoms with Crippen molar-refractivity contribution in [3.8, 4) is 0 Å². The van der Waals surface area contributed by atoms with E-state index in [2.05, 4.69) is 93.7 Å². The zero-order chi connectivity index (χ0) is 50.0. The van der Waals surface area contributed by atoms with E-state index < -0.39 is 6.10 Å². The van der Waals surface area contributed by atoms with E-state index in [1.807, 2.05) is 0 Å². The van der Waals surface area contributed by atoms with Crippen molar-refractivity contribution in [3.05, 3.63) is 72.9 Å². The molecule has 0 bridgehead atoms. The molecule has 0 aliphatic carbocycles. The predicted molar refractivity (Wildman–Crippen MR) is 298 cm³/mol. The first-order chi connectivity index (χ1) is 34.0. The SMILES string of the molecule is CC/C=C\C/C=C\C/C=C\C/C=C\CCCCCCCCCCCCCCCCC(=O)OCC(COC(=O)CCCCCCC/C=C\CCCCC)OC(=O)CCCCCCC/C=C\CCCCC. The van der Waals surface area contributed by atoms with Crippen LogP contribution in [0.15, 0.2) is 72.9 Å². The van der Waals surface area contributed by atoms with E-state index in [4.69, 9.17) is 14.2 Å². The molecule has 0 aromatic carbocycles. The van der Waals surface area contributed by atoms with Gasteiger partial charge >= 0.3 is 17.9 Å². The van der Waals surface area contributed by atoms with Gasteiger partial charge in [-0.3, -0.25) is 14.4 Å². The molecule has 0 N–H and O–H groups in total. The van der Waals surface area contributed by atoms with Gasteiger partial charge in [0.05, 0.1) is 0 Å². The van der Waals surface area contributed by atoms with Crippen molar-refractivity contribution in [1.82, 2.24) is 0 Å². The largest absolute Gasteiger partial charge is 0.462 e. The van der Waals surface area contributed by atoms with Crippen LogP contribution in [0.5, 0.6) is 0 Å². The molecule has 0 spiro atoms. The number of hydrogen-bond acceptors (Lipinski definition) is 6. The highest BCUT2D eigenvalue weighted by atomic mass is 16.6. The summed E-state index contributed by atoms with van der Waals surface area (Å²) in [5, 5.41) is 0. The van der Waals surface area contributed by atoms with Gasteiger partial charge in [0, 0.05) is 19.3 Å². The Morgan fingerprint density at radius 2 is 0.565 bits per heavy atom. The topological polar surface area (TPSA) is 78.9 Å². The number of carbonyl (C=O) groups excluding carboxylic acids is 3. The van der Waals surface area contributed by atoms with Gasteiger partial charge in [-0.2, -0.15) is 0 Å². The highest BCUT2D eigenvalue weighted by Gasteiger charge is 2.19. The molecule has 1 unspecified atom stereocenters. The number of carbonyl (C=O) groups is 3. The molecule has 0 aliphatic heterocycles. The molecule has 0 radical (unpaired) electrons. The van der Waals surface area contributed by atoms with Crippen molar-refractivity contribution in [1.29, 1.82) is 0 Å². The van der Waals surface area contributed by atoms with Crippen LogP contribution in [-0.2, 0) is 28.6 Å². The maximum Gasteiger partial charge on any atom is 0.306 e. The van der Waals surface area contributed by atoms with E-state index in [1.54, 1.807) is 0 Å². The van der Waals surface area contributed by atoms with E-state index in [9.17, 15) is 14.4 Å². The first-order valence-corrected chi connectivity index (χ1v) is 29.4. The lowest BCUT2D eigenvalue weighted by Gasteiger charge is -2.18. The Hall–Kier alpha value is -3.15. The van der Waals surface area contributed by atoms with Crippen molar-refractivity contribution in [2.24, 2.45) is 0 Å². The quantitative estimate of drug-likeness (QED) is 0.0262. The van der Waals surface area contributed by atoms with Crippen molar-refractivity contribution in [2.45, 2.75) is 297 Å². The minimum absolute atomic E-state index is 0.0798. The third-order valence-electron chi connectivity index (χ3n) is 12.7. The predicted octanol–water partition coefficient (Wildman–Crippen LogP) is 19.8. The zero-order valence-electron chi connectivity index (χ0n) is 45.6. The summed E-state index contributed by atoms with van der Waals surface area (Å²) in [4.78, 5) is 38.1. The van der Waals surface area contributed by atoms with E-state index in [1.165, 1.54) is 148 Å². The van der Waals surface area contributed by atoms with E-state index >= 15 is 0 Å². The number of ether oxygens (including phenoxy) is 3. The van der Waals surface area contributed by atoms with Crippen LogP contribution in [0.1, 0.15) is 290 Å². The zero-order valence-corrected chi connectivity index (χ0v) is 45.6. The van der Waals surface area contributed by atoms with Crippen molar-refractivity contribution >= 4 is 17.9 Å². The lowest BCUT2D eigenvalue weighted by atomic mass is 10.0. The van der Waals surface area contributed by atoms with Crippen molar-refractivity contribution in [3.63, 3.8) is 0 Å². The Morgan fingerprint density at radius 1 is 0.304 bits per heavy atom. The van der Waals surface area contributed by atoms with Gasteiger partial charge < -0.3 is 14.2 Å². The maximum atomic E-state index is 12.8. The fourth-order valence-electron chi connectivity index (χ4n) is 8.25. The molecule has 0 saturated heterocycles. The molecule has 6 nitrogen and oxygen atoms in total. The van der Waals surface area contributed by atoms with Crippen molar-refractivity contribution in [2.75, 3.05) is 13.2 Å². The number of unbranched alkanes of at least 4 members (excludes halogenated alkanes) is 30. The fraction of sp³-hybridized carbons (Fsp3) is 0.762. The number of rotatable bonds is 53. The Labute approximate surface area is 427 Å². The second kappa shape index (κ2) is 57.4. The first-order valence-electron chi connectivity index (χ1n) is 29.4. The van der Waals surface area contributed by atoms with Crippen LogP contribution < -0.4 is 0 Å². The van der Waals surface area contributed by atoms with Crippen LogP contribution in [0.2, 0.25) is 0 Å². The number of allylic oxidation sites excluding steroid dienone is 12. The summed E-state index contributed by atoms with van der Waals surface area (Å²) in [6, 6.07) is 0. The average molecular weight is 964 g/mol. The van der Waals surface area contributed by atoms with E-state index in [0.29, 0.717) is 19.3 Å². The minimum Gasteiger partial charge on any atom is -0.462 e. The van der Waals surface area contributed by atoms with Gasteiger partial charge in [-0.25, -0.2) is 0 Å². The molecule has 0 saturated carbocycles. The molecule has 0 rings (SSSR count). The van der Waals surface area contributed by atoms with Gasteiger partial charge in [0.25, 0.3) is 0 Å². The van der Waals surface area contributed by atoms with Crippen LogP contribution in [0.25, 0.3) is 0 Å². The van der Waals surface area contributed by atoms with Gasteiger partial charge in [-0.05, 0) is 109 Å². The molecule has 6 heteroatoms. The second-order valence-electron chi connectivity index (χ2n) is 19.5. The molecule has 69 heavy (non-hydrogen) atoms. The number of hydrogen-bond donors (Lipinski definition) is 0. The molecule has 0 heterocycles. The summed E-state index contributed by atoms with van der Waals surface area (Å²) in [7, 11) is 0. The Bertz CT molecular complexity index is 1290. The average Bonchev–Trinajstić information content (AvgIpc) is 3.35. The van der Waals surface area contributed by atoms with Crippen LogP contribution in [0.4, 0.5) is 0 Å². The molecule has 0 aliphatic rings.